The Morgan fingerprint density at radius 3 is 2.44 bits per heavy atom. The highest BCUT2D eigenvalue weighted by Gasteiger charge is 2.88. The quantitative estimate of drug-likeness (QED) is 0.458. The number of ketones is 2. The van der Waals surface area contributed by atoms with E-state index in [1.54, 1.807) is 6.08 Å². The van der Waals surface area contributed by atoms with E-state index < -0.39 is 27.9 Å². The summed E-state index contributed by atoms with van der Waals surface area (Å²) in [4.78, 5) is 40.7. The number of carbonyl (C=O) groups is 3. The van der Waals surface area contributed by atoms with Crippen molar-refractivity contribution in [1.82, 2.24) is 0 Å². The fourth-order valence-electron chi connectivity index (χ4n) is 9.16. The van der Waals surface area contributed by atoms with Crippen LogP contribution in [0.3, 0.4) is 0 Å². The summed E-state index contributed by atoms with van der Waals surface area (Å²) in [5, 5.41) is 0. The average molecular weight is 443 g/mol. The van der Waals surface area contributed by atoms with Crippen molar-refractivity contribution in [1.29, 1.82) is 0 Å². The van der Waals surface area contributed by atoms with Crippen molar-refractivity contribution < 1.29 is 28.6 Å². The van der Waals surface area contributed by atoms with Crippen molar-refractivity contribution in [2.75, 3.05) is 13.2 Å². The number of esters is 1. The van der Waals surface area contributed by atoms with E-state index in [-0.39, 0.29) is 46.8 Å². The standard InChI is InChI=1S/C26H34O6/c1-22(2)9-7-17(27)24(4)15-6-10-23(3)19(14-8-11-30-13-14)31-21(29)20-26(23,32-20)25(15,5)18(28)12-16(22)24/h7,9,14-16,19-20H,6,8,10-13H2,1-5H3/t14-,15?,16?,19-,20?,23-,24+,25-,26?/m0/s1. The summed E-state index contributed by atoms with van der Waals surface area (Å²) in [6.07, 6.45) is 5.37. The molecule has 0 aromatic heterocycles. The van der Waals surface area contributed by atoms with Crippen LogP contribution in [-0.2, 0) is 28.6 Å². The highest BCUT2D eigenvalue weighted by Crippen LogP contribution is 2.77. The highest BCUT2D eigenvalue weighted by molar-refractivity contribution is 6.01. The maximum atomic E-state index is 14.1. The zero-order chi connectivity index (χ0) is 22.9. The van der Waals surface area contributed by atoms with Crippen molar-refractivity contribution in [3.63, 3.8) is 0 Å². The maximum Gasteiger partial charge on any atom is 0.338 e. The Labute approximate surface area is 189 Å². The lowest BCUT2D eigenvalue weighted by atomic mass is 9.35. The van der Waals surface area contributed by atoms with Gasteiger partial charge in [-0.05, 0) is 49.5 Å². The third-order valence-electron chi connectivity index (χ3n) is 10.9. The van der Waals surface area contributed by atoms with Gasteiger partial charge in [-0.3, -0.25) is 9.59 Å². The van der Waals surface area contributed by atoms with Crippen LogP contribution in [0.4, 0.5) is 0 Å². The van der Waals surface area contributed by atoms with Crippen molar-refractivity contribution in [3.8, 4) is 0 Å². The van der Waals surface area contributed by atoms with Gasteiger partial charge in [0.1, 0.15) is 17.5 Å². The molecule has 3 aliphatic carbocycles. The minimum absolute atomic E-state index is 0.0504. The third-order valence-corrected chi connectivity index (χ3v) is 10.9. The van der Waals surface area contributed by atoms with E-state index in [4.69, 9.17) is 14.2 Å². The molecule has 6 heteroatoms. The molecule has 2 saturated carbocycles. The second-order valence-corrected chi connectivity index (χ2v) is 12.4. The number of allylic oxidation sites excluding steroid dienone is 2. The van der Waals surface area contributed by atoms with Gasteiger partial charge >= 0.3 is 5.97 Å². The first-order chi connectivity index (χ1) is 14.9. The molecule has 3 aliphatic heterocycles. The maximum absolute atomic E-state index is 14.1. The van der Waals surface area contributed by atoms with Crippen LogP contribution in [0.15, 0.2) is 12.2 Å². The first kappa shape index (κ1) is 21.0. The van der Waals surface area contributed by atoms with Gasteiger partial charge in [-0.25, -0.2) is 4.79 Å². The first-order valence-electron chi connectivity index (χ1n) is 12.2. The van der Waals surface area contributed by atoms with Crippen LogP contribution in [0, 0.1) is 39.4 Å². The fraction of sp³-hybridized carbons (Fsp3) is 0.808. The Balaban J connectivity index is 1.51. The monoisotopic (exact) mass is 442 g/mol. The van der Waals surface area contributed by atoms with E-state index in [1.807, 2.05) is 13.0 Å². The van der Waals surface area contributed by atoms with Gasteiger partial charge in [0.2, 0.25) is 0 Å². The summed E-state index contributed by atoms with van der Waals surface area (Å²) >= 11 is 0. The molecular weight excluding hydrogens is 408 g/mol. The predicted octanol–water partition coefficient (Wildman–Crippen LogP) is 3.27. The Kier molecular flexibility index (Phi) is 3.90. The summed E-state index contributed by atoms with van der Waals surface area (Å²) in [6, 6.07) is 0. The number of rotatable bonds is 1. The molecule has 3 heterocycles. The molecule has 174 valence electrons. The number of cyclic esters (lactones) is 1. The van der Waals surface area contributed by atoms with E-state index >= 15 is 0 Å². The Hall–Kier alpha value is -1.53. The minimum Gasteiger partial charge on any atom is -0.459 e. The molecule has 32 heavy (non-hydrogen) atoms. The first-order valence-corrected chi connectivity index (χ1v) is 12.2. The van der Waals surface area contributed by atoms with Gasteiger partial charge in [-0.1, -0.05) is 33.8 Å². The number of hydrogen-bond donors (Lipinski definition) is 0. The predicted molar refractivity (Wildman–Crippen MR) is 114 cm³/mol. The van der Waals surface area contributed by atoms with Crippen molar-refractivity contribution in [3.05, 3.63) is 12.2 Å². The second-order valence-electron chi connectivity index (χ2n) is 12.4. The molecule has 1 spiro atoms. The molecule has 0 aromatic rings. The molecule has 0 amide bonds. The summed E-state index contributed by atoms with van der Waals surface area (Å²) < 4.78 is 18.0. The summed E-state index contributed by atoms with van der Waals surface area (Å²) in [7, 11) is 0. The van der Waals surface area contributed by atoms with Gasteiger partial charge in [0.05, 0.1) is 12.0 Å². The summed E-state index contributed by atoms with van der Waals surface area (Å²) in [5.41, 5.74) is -3.17. The number of ether oxygens (including phenoxy) is 3. The van der Waals surface area contributed by atoms with Gasteiger partial charge < -0.3 is 14.2 Å². The average Bonchev–Trinajstić information content (AvgIpc) is 3.30. The fourth-order valence-corrected chi connectivity index (χ4v) is 9.16. The van der Waals surface area contributed by atoms with Gasteiger partial charge in [0.25, 0.3) is 0 Å². The number of epoxide rings is 1. The zero-order valence-electron chi connectivity index (χ0n) is 19.7. The topological polar surface area (TPSA) is 82.2 Å². The van der Waals surface area contributed by atoms with Gasteiger partial charge in [0.15, 0.2) is 11.9 Å². The molecule has 0 radical (unpaired) electrons. The van der Waals surface area contributed by atoms with Crippen LogP contribution in [0.1, 0.15) is 60.3 Å². The van der Waals surface area contributed by atoms with Gasteiger partial charge in [0, 0.05) is 29.8 Å². The molecule has 0 bridgehead atoms. The number of hydrogen-bond acceptors (Lipinski definition) is 6. The second kappa shape index (κ2) is 5.93. The largest absolute Gasteiger partial charge is 0.459 e. The van der Waals surface area contributed by atoms with E-state index in [9.17, 15) is 14.4 Å². The Bertz CT molecular complexity index is 961. The van der Waals surface area contributed by atoms with Crippen molar-refractivity contribution in [2.45, 2.75) is 78.1 Å². The van der Waals surface area contributed by atoms with Gasteiger partial charge in [-0.15, -0.1) is 0 Å². The van der Waals surface area contributed by atoms with E-state index in [0.29, 0.717) is 19.6 Å². The lowest BCUT2D eigenvalue weighted by Crippen LogP contribution is -2.73. The van der Waals surface area contributed by atoms with Gasteiger partial charge in [-0.2, -0.15) is 0 Å². The van der Waals surface area contributed by atoms with Crippen LogP contribution >= 0.6 is 0 Å². The molecule has 5 fully saturated rings. The Morgan fingerprint density at radius 2 is 1.75 bits per heavy atom. The molecule has 0 aromatic carbocycles. The molecule has 6 nitrogen and oxygen atoms in total. The van der Waals surface area contributed by atoms with Crippen LogP contribution in [-0.4, -0.2) is 48.6 Å². The van der Waals surface area contributed by atoms with E-state index in [0.717, 1.165) is 19.3 Å². The normalized spacial score (nSPS) is 55.4. The van der Waals surface area contributed by atoms with Crippen LogP contribution in [0.2, 0.25) is 0 Å². The molecule has 3 saturated heterocycles. The van der Waals surface area contributed by atoms with Crippen LogP contribution in [0.5, 0.6) is 0 Å². The van der Waals surface area contributed by atoms with Crippen LogP contribution < -0.4 is 0 Å². The molecule has 0 N–H and O–H groups in total. The third kappa shape index (κ3) is 2.05. The number of carbonyl (C=O) groups excluding carboxylic acids is 3. The SMILES string of the molecule is CC1(C)C=CC(=O)[C@@]2(C)C1CC(=O)[C@]1(C)C2CC[C@@]2(C)[C@H]([C@H]3CCOC3)OC(=O)C3OC321. The molecule has 6 aliphatic rings. The molecule has 4 unspecified atom stereocenters. The lowest BCUT2D eigenvalue weighted by Gasteiger charge is -2.66. The molecular formula is C26H34O6. The smallest absolute Gasteiger partial charge is 0.338 e. The lowest BCUT2D eigenvalue weighted by molar-refractivity contribution is -0.218. The number of fused-ring (bicyclic) bond motifs is 3. The van der Waals surface area contributed by atoms with Crippen LogP contribution in [0.25, 0.3) is 0 Å². The zero-order valence-corrected chi connectivity index (χ0v) is 19.7. The molecule has 6 rings (SSSR count). The highest BCUT2D eigenvalue weighted by atomic mass is 16.7. The molecule has 9 atom stereocenters. The minimum atomic E-state index is -0.901. The summed E-state index contributed by atoms with van der Waals surface area (Å²) in [6.45, 7) is 11.7. The van der Waals surface area contributed by atoms with E-state index in [2.05, 4.69) is 27.7 Å². The van der Waals surface area contributed by atoms with E-state index in [1.165, 1.54) is 0 Å². The van der Waals surface area contributed by atoms with Crippen molar-refractivity contribution >= 4 is 17.5 Å². The summed E-state index contributed by atoms with van der Waals surface area (Å²) in [5.74, 6) is -0.191. The Morgan fingerprint density at radius 1 is 1.00 bits per heavy atom. The number of Topliss-reactive ketones (excluding diaryl/α,β-unsaturated/α-hetero) is 1. The van der Waals surface area contributed by atoms with Crippen molar-refractivity contribution in [2.24, 2.45) is 39.4 Å².